The first-order valence-electron chi connectivity index (χ1n) is 14.9. The van der Waals surface area contributed by atoms with E-state index >= 15 is 0 Å². The predicted molar refractivity (Wildman–Crippen MR) is 160 cm³/mol. The second-order valence-electron chi connectivity index (χ2n) is 15.8. The Kier molecular flexibility index (Phi) is 7.31. The molecule has 3 aliphatic carbocycles. The van der Waals surface area contributed by atoms with Gasteiger partial charge in [-0.1, -0.05) is 61.5 Å². The van der Waals surface area contributed by atoms with E-state index in [1.54, 1.807) is 11.1 Å². The maximum Gasteiger partial charge on any atom is 0.250 e. The monoisotopic (exact) mass is 528 g/mol. The Balaban J connectivity index is 1.59. The summed E-state index contributed by atoms with van der Waals surface area (Å²) in [4.78, 5) is 0. The Hall–Kier alpha value is -0.586. The molecule has 0 bridgehead atoms. The summed E-state index contributed by atoms with van der Waals surface area (Å²) in [6.45, 7) is 28.7. The molecule has 4 heteroatoms. The molecule has 0 N–H and O–H groups in total. The fourth-order valence-corrected chi connectivity index (χ4v) is 9.62. The van der Waals surface area contributed by atoms with Crippen LogP contribution < -0.4 is 4.43 Å². The summed E-state index contributed by atoms with van der Waals surface area (Å²) in [6.07, 6.45) is 9.34. The first-order valence-corrected chi connectivity index (χ1v) is 20.8. The highest BCUT2D eigenvalue weighted by Gasteiger charge is 2.57. The van der Waals surface area contributed by atoms with E-state index in [0.717, 1.165) is 24.2 Å². The third-order valence-corrected chi connectivity index (χ3v) is 20.4. The first kappa shape index (κ1) is 28.4. The molecule has 2 saturated carbocycles. The highest BCUT2D eigenvalue weighted by Crippen LogP contribution is 2.62. The number of fused-ring (bicyclic) bond motifs is 5. The van der Waals surface area contributed by atoms with Crippen molar-refractivity contribution in [3.8, 4) is 5.75 Å². The van der Waals surface area contributed by atoms with Gasteiger partial charge in [-0.25, -0.2) is 0 Å². The van der Waals surface area contributed by atoms with Crippen LogP contribution in [0.1, 0.15) is 110 Å². The molecular weight excluding hydrogens is 473 g/mol. The highest BCUT2D eigenvalue weighted by atomic mass is 28.4. The van der Waals surface area contributed by atoms with Crippen molar-refractivity contribution in [2.24, 2.45) is 17.3 Å². The number of rotatable bonds is 5. The minimum absolute atomic E-state index is 0.221. The summed E-state index contributed by atoms with van der Waals surface area (Å²) in [5.41, 5.74) is 5.03. The minimum Gasteiger partial charge on any atom is -0.543 e. The van der Waals surface area contributed by atoms with Gasteiger partial charge in [0, 0.05) is 0 Å². The van der Waals surface area contributed by atoms with Crippen LogP contribution in [0.4, 0.5) is 0 Å². The quantitative estimate of drug-likeness (QED) is 0.354. The lowest BCUT2D eigenvalue weighted by atomic mass is 9.55. The van der Waals surface area contributed by atoms with Crippen LogP contribution in [0.25, 0.3) is 0 Å². The van der Waals surface area contributed by atoms with Gasteiger partial charge >= 0.3 is 0 Å². The molecule has 5 atom stereocenters. The van der Waals surface area contributed by atoms with Crippen LogP contribution in [0.3, 0.4) is 0 Å². The van der Waals surface area contributed by atoms with Gasteiger partial charge in [-0.3, -0.25) is 0 Å². The predicted octanol–water partition coefficient (Wildman–Crippen LogP) is 9.88. The lowest BCUT2D eigenvalue weighted by Crippen LogP contribution is -2.50. The van der Waals surface area contributed by atoms with E-state index in [4.69, 9.17) is 8.85 Å². The third kappa shape index (κ3) is 4.81. The van der Waals surface area contributed by atoms with Gasteiger partial charge in [-0.05, 0) is 127 Å². The fourth-order valence-electron chi connectivity index (χ4n) is 7.12. The van der Waals surface area contributed by atoms with Crippen molar-refractivity contribution in [1.29, 1.82) is 0 Å². The molecule has 0 aromatic heterocycles. The largest absolute Gasteiger partial charge is 0.543 e. The molecule has 3 aliphatic rings. The summed E-state index contributed by atoms with van der Waals surface area (Å²) >= 11 is 0. The molecular formula is C32H56O2Si2. The van der Waals surface area contributed by atoms with Gasteiger partial charge in [0.25, 0.3) is 0 Å². The Morgan fingerprint density at radius 1 is 0.889 bits per heavy atom. The zero-order valence-electron chi connectivity index (χ0n) is 25.7. The Morgan fingerprint density at radius 3 is 2.11 bits per heavy atom. The third-order valence-electron chi connectivity index (χ3n) is 11.6. The minimum atomic E-state index is -1.85. The van der Waals surface area contributed by atoms with Crippen molar-refractivity contribution in [2.75, 3.05) is 0 Å². The maximum absolute atomic E-state index is 7.14. The average Bonchev–Trinajstić information content (AvgIpc) is 3.07. The molecule has 1 aromatic rings. The molecule has 0 heterocycles. The molecule has 1 aromatic carbocycles. The van der Waals surface area contributed by atoms with Gasteiger partial charge in [0.05, 0.1) is 6.10 Å². The van der Waals surface area contributed by atoms with E-state index in [-0.39, 0.29) is 10.1 Å². The summed E-state index contributed by atoms with van der Waals surface area (Å²) in [7, 11) is -3.61. The lowest BCUT2D eigenvalue weighted by molar-refractivity contribution is -0.0165. The van der Waals surface area contributed by atoms with Crippen molar-refractivity contribution in [2.45, 2.75) is 149 Å². The molecule has 36 heavy (non-hydrogen) atoms. The van der Waals surface area contributed by atoms with Crippen LogP contribution in [-0.4, -0.2) is 22.7 Å². The SMILES string of the molecule is CCc1cc2c(cc1O[Si](C)(C)C(C)(C)C)CC[C@@H]1[C@@H]2CC[C@]2(C)[C@@H](O[Si](C)(C)C(C)(C)C)CC[C@@H]12. The van der Waals surface area contributed by atoms with Gasteiger partial charge in [0.1, 0.15) is 5.75 Å². The van der Waals surface area contributed by atoms with Gasteiger partial charge in [-0.15, -0.1) is 0 Å². The molecule has 2 fully saturated rings. The maximum atomic E-state index is 7.14. The van der Waals surface area contributed by atoms with Gasteiger partial charge in [0.2, 0.25) is 8.32 Å². The number of benzene rings is 1. The molecule has 204 valence electrons. The molecule has 0 saturated heterocycles. The average molecular weight is 529 g/mol. The standard InChI is InChI=1S/C32H56O2Si2/c1-13-22-20-26-23(21-28(22)33-35(9,10)30(2,3)4)14-15-25-24(26)18-19-32(8)27(25)16-17-29(32)34-36(11,12)31(5,6)7/h20-21,24-25,27,29H,13-19H2,1-12H3/t24-,25+,27-,29-,32-/m0/s1. The second kappa shape index (κ2) is 9.26. The molecule has 0 radical (unpaired) electrons. The van der Waals surface area contributed by atoms with Crippen LogP contribution in [-0.2, 0) is 17.3 Å². The van der Waals surface area contributed by atoms with Gasteiger partial charge in [-0.2, -0.15) is 0 Å². The molecule has 2 nitrogen and oxygen atoms in total. The fraction of sp³-hybridized carbons (Fsp3) is 0.812. The van der Waals surface area contributed by atoms with E-state index < -0.39 is 16.6 Å². The Morgan fingerprint density at radius 2 is 1.53 bits per heavy atom. The van der Waals surface area contributed by atoms with Gasteiger partial charge < -0.3 is 8.85 Å². The smallest absolute Gasteiger partial charge is 0.250 e. The summed E-state index contributed by atoms with van der Waals surface area (Å²) in [5.74, 6) is 3.55. The van der Waals surface area contributed by atoms with Crippen LogP contribution in [0, 0.1) is 17.3 Å². The number of hydrogen-bond acceptors (Lipinski definition) is 2. The van der Waals surface area contributed by atoms with E-state index in [1.807, 2.05) is 0 Å². The molecule has 0 amide bonds. The Labute approximate surface area is 225 Å². The zero-order valence-corrected chi connectivity index (χ0v) is 27.7. The van der Waals surface area contributed by atoms with Gasteiger partial charge in [0.15, 0.2) is 8.32 Å². The summed E-state index contributed by atoms with van der Waals surface area (Å²) < 4.78 is 14.0. The number of hydrogen-bond donors (Lipinski definition) is 0. The van der Waals surface area contributed by atoms with Crippen LogP contribution in [0.5, 0.6) is 5.75 Å². The topological polar surface area (TPSA) is 18.5 Å². The highest BCUT2D eigenvalue weighted by molar-refractivity contribution is 6.75. The van der Waals surface area contributed by atoms with Crippen LogP contribution in [0.2, 0.25) is 36.3 Å². The van der Waals surface area contributed by atoms with E-state index in [0.29, 0.717) is 11.5 Å². The van der Waals surface area contributed by atoms with Crippen molar-refractivity contribution in [3.05, 3.63) is 28.8 Å². The Bertz CT molecular complexity index is 968. The van der Waals surface area contributed by atoms with Crippen LogP contribution in [0.15, 0.2) is 12.1 Å². The molecule has 0 spiro atoms. The second-order valence-corrected chi connectivity index (χ2v) is 25.3. The van der Waals surface area contributed by atoms with Crippen LogP contribution >= 0.6 is 0 Å². The van der Waals surface area contributed by atoms with Crippen molar-refractivity contribution < 1.29 is 8.85 Å². The molecule has 0 aliphatic heterocycles. The van der Waals surface area contributed by atoms with Crippen molar-refractivity contribution in [1.82, 2.24) is 0 Å². The van der Waals surface area contributed by atoms with Crippen molar-refractivity contribution >= 4 is 16.6 Å². The summed E-state index contributed by atoms with van der Waals surface area (Å²) in [5, 5.41) is 0.501. The lowest BCUT2D eigenvalue weighted by Gasteiger charge is -2.52. The normalized spacial score (nSPS) is 31.0. The zero-order chi connectivity index (χ0) is 26.9. The first-order chi connectivity index (χ1) is 16.4. The number of aryl methyl sites for hydroxylation is 2. The molecule has 0 unspecified atom stereocenters. The van der Waals surface area contributed by atoms with E-state index in [9.17, 15) is 0 Å². The van der Waals surface area contributed by atoms with E-state index in [1.165, 1.54) is 49.8 Å². The molecule has 4 rings (SSSR count). The van der Waals surface area contributed by atoms with E-state index in [2.05, 4.69) is 93.7 Å². The summed E-state index contributed by atoms with van der Waals surface area (Å²) in [6, 6.07) is 5.05. The van der Waals surface area contributed by atoms with Crippen molar-refractivity contribution in [3.63, 3.8) is 0 Å².